The van der Waals surface area contributed by atoms with Gasteiger partial charge in [0.1, 0.15) is 12.6 Å². The highest BCUT2D eigenvalue weighted by atomic mass is 79.9. The van der Waals surface area contributed by atoms with Crippen LogP contribution in [0.25, 0.3) is 0 Å². The summed E-state index contributed by atoms with van der Waals surface area (Å²) in [7, 11) is 0. The standard InChI is InChI=1S/C33H36BrN5O3S/c1-6-16-43-33-37-32-35-22(5)29(31(40)36-26-14-8-20(3)17-21(26)4)30(39(32)38-33)24-11-15-27(28(18-24)41-7-2)42-19-23-9-12-25(34)13-10-23/h8-15,17-18,30H,6-7,16,19H2,1-5H3,(H,36,40)(H,35,37,38). The largest absolute Gasteiger partial charge is 0.490 e. The van der Waals surface area contributed by atoms with Crippen LogP contribution in [0.1, 0.15) is 55.5 Å². The molecule has 0 radical (unpaired) electrons. The summed E-state index contributed by atoms with van der Waals surface area (Å²) in [5, 5.41) is 12.0. The van der Waals surface area contributed by atoms with E-state index in [0.717, 1.165) is 44.6 Å². The van der Waals surface area contributed by atoms with E-state index in [4.69, 9.17) is 19.6 Å². The lowest BCUT2D eigenvalue weighted by Crippen LogP contribution is -2.31. The first-order chi connectivity index (χ1) is 20.8. The maximum absolute atomic E-state index is 14.0. The van der Waals surface area contributed by atoms with Crippen molar-refractivity contribution in [1.29, 1.82) is 0 Å². The number of nitrogens with one attached hydrogen (secondary N) is 2. The second kappa shape index (κ2) is 13.7. The van der Waals surface area contributed by atoms with Crippen molar-refractivity contribution in [2.24, 2.45) is 0 Å². The van der Waals surface area contributed by atoms with Gasteiger partial charge in [-0.25, -0.2) is 4.68 Å². The van der Waals surface area contributed by atoms with E-state index in [9.17, 15) is 4.79 Å². The van der Waals surface area contributed by atoms with Crippen LogP contribution in [0, 0.1) is 13.8 Å². The molecule has 8 nitrogen and oxygen atoms in total. The van der Waals surface area contributed by atoms with E-state index in [1.165, 1.54) is 0 Å². The van der Waals surface area contributed by atoms with E-state index in [-0.39, 0.29) is 5.91 Å². The molecule has 1 unspecified atom stereocenters. The van der Waals surface area contributed by atoms with Gasteiger partial charge >= 0.3 is 0 Å². The molecule has 1 amide bonds. The second-order valence-corrected chi connectivity index (χ2v) is 12.4. The van der Waals surface area contributed by atoms with Gasteiger partial charge in [-0.05, 0) is 81.1 Å². The summed E-state index contributed by atoms with van der Waals surface area (Å²) in [4.78, 5) is 18.8. The number of amides is 1. The number of halogens is 1. The Labute approximate surface area is 265 Å². The number of fused-ring (bicyclic) bond motifs is 1. The molecule has 0 saturated carbocycles. The van der Waals surface area contributed by atoms with Gasteiger partial charge in [0, 0.05) is 21.6 Å². The predicted octanol–water partition coefficient (Wildman–Crippen LogP) is 8.06. The summed E-state index contributed by atoms with van der Waals surface area (Å²) in [6, 6.07) is 19.3. The average molecular weight is 663 g/mol. The normalized spacial score (nSPS) is 14.2. The summed E-state index contributed by atoms with van der Waals surface area (Å²) < 4.78 is 15.1. The summed E-state index contributed by atoms with van der Waals surface area (Å²) >= 11 is 5.08. The number of ether oxygens (including phenoxy) is 2. The van der Waals surface area contributed by atoms with Gasteiger partial charge in [0.15, 0.2) is 11.5 Å². The molecule has 0 aliphatic carbocycles. The molecule has 1 aromatic heterocycles. The van der Waals surface area contributed by atoms with Gasteiger partial charge in [-0.2, -0.15) is 4.98 Å². The number of aryl methyl sites for hydroxylation is 2. The Morgan fingerprint density at radius 2 is 1.81 bits per heavy atom. The predicted molar refractivity (Wildman–Crippen MR) is 176 cm³/mol. The molecule has 3 aromatic carbocycles. The molecule has 0 saturated heterocycles. The zero-order valence-electron chi connectivity index (χ0n) is 25.0. The summed E-state index contributed by atoms with van der Waals surface area (Å²) in [6.07, 6.45) is 1.01. The van der Waals surface area contributed by atoms with Gasteiger partial charge in [-0.1, -0.05) is 70.5 Å². The SMILES string of the molecule is CCCSc1nc2n(n1)C(c1ccc(OCc3ccc(Br)cc3)c(OCC)c1)C(C(=O)Nc1ccc(C)cc1C)=C(C)N2. The number of allylic oxidation sites excluding steroid dienone is 1. The van der Waals surface area contributed by atoms with Crippen LogP contribution in [0.15, 0.2) is 81.6 Å². The zero-order valence-corrected chi connectivity index (χ0v) is 27.4. The molecule has 1 atom stereocenters. The van der Waals surface area contributed by atoms with E-state index in [2.05, 4.69) is 39.6 Å². The first kappa shape index (κ1) is 30.7. The van der Waals surface area contributed by atoms with Crippen molar-refractivity contribution >= 4 is 45.2 Å². The van der Waals surface area contributed by atoms with Crippen molar-refractivity contribution in [3.05, 3.63) is 98.7 Å². The van der Waals surface area contributed by atoms with Crippen LogP contribution in [-0.2, 0) is 11.4 Å². The number of hydrogen-bond donors (Lipinski definition) is 2. The number of nitrogens with zero attached hydrogens (tertiary/aromatic N) is 3. The fourth-order valence-electron chi connectivity index (χ4n) is 4.96. The lowest BCUT2D eigenvalue weighted by atomic mass is 9.94. The number of thioether (sulfide) groups is 1. The van der Waals surface area contributed by atoms with Crippen LogP contribution >= 0.6 is 27.7 Å². The molecule has 1 aliphatic rings. The minimum Gasteiger partial charge on any atom is -0.490 e. The third-order valence-corrected chi connectivity index (χ3v) is 8.61. The number of hydrogen-bond acceptors (Lipinski definition) is 7. The lowest BCUT2D eigenvalue weighted by Gasteiger charge is -2.29. The lowest BCUT2D eigenvalue weighted by molar-refractivity contribution is -0.113. The molecule has 4 aromatic rings. The molecule has 0 fully saturated rings. The highest BCUT2D eigenvalue weighted by Gasteiger charge is 2.35. The molecule has 224 valence electrons. The highest BCUT2D eigenvalue weighted by molar-refractivity contribution is 9.10. The van der Waals surface area contributed by atoms with Gasteiger partial charge in [0.05, 0.1) is 12.2 Å². The van der Waals surface area contributed by atoms with Crippen molar-refractivity contribution in [2.45, 2.75) is 58.8 Å². The van der Waals surface area contributed by atoms with E-state index < -0.39 is 6.04 Å². The number of rotatable bonds is 11. The van der Waals surface area contributed by atoms with Crippen LogP contribution in [-0.4, -0.2) is 33.0 Å². The third kappa shape index (κ3) is 7.08. The molecular formula is C33H36BrN5O3S. The highest BCUT2D eigenvalue weighted by Crippen LogP contribution is 2.40. The Bertz CT molecular complexity index is 1650. The van der Waals surface area contributed by atoms with Crippen molar-refractivity contribution in [1.82, 2.24) is 14.8 Å². The number of anilines is 2. The molecule has 2 N–H and O–H groups in total. The van der Waals surface area contributed by atoms with Gasteiger partial charge in [-0.15, -0.1) is 5.10 Å². The Morgan fingerprint density at radius 3 is 2.53 bits per heavy atom. The van der Waals surface area contributed by atoms with E-state index >= 15 is 0 Å². The smallest absolute Gasteiger partial charge is 0.255 e. The van der Waals surface area contributed by atoms with Crippen LogP contribution < -0.4 is 20.1 Å². The first-order valence-corrected chi connectivity index (χ1v) is 16.1. The maximum atomic E-state index is 14.0. The fraction of sp³-hybridized carbons (Fsp3) is 0.303. The number of carbonyl (C=O) groups excluding carboxylic acids is 1. The minimum atomic E-state index is -0.537. The van der Waals surface area contributed by atoms with Gasteiger partial charge in [-0.3, -0.25) is 4.79 Å². The molecule has 2 heterocycles. The number of benzene rings is 3. The maximum Gasteiger partial charge on any atom is 0.255 e. The Hall–Kier alpha value is -3.76. The molecule has 1 aliphatic heterocycles. The zero-order chi connectivity index (χ0) is 30.5. The van der Waals surface area contributed by atoms with Crippen molar-refractivity contribution in [2.75, 3.05) is 23.0 Å². The van der Waals surface area contributed by atoms with Gasteiger partial charge < -0.3 is 20.1 Å². The number of aromatic nitrogens is 3. The van der Waals surface area contributed by atoms with Crippen molar-refractivity contribution in [3.8, 4) is 11.5 Å². The summed E-state index contributed by atoms with van der Waals surface area (Å²) in [5.41, 5.74) is 6.05. The molecular weight excluding hydrogens is 626 g/mol. The second-order valence-electron chi connectivity index (χ2n) is 10.4. The van der Waals surface area contributed by atoms with E-state index in [1.54, 1.807) is 16.4 Å². The molecule has 0 bridgehead atoms. The molecule has 0 spiro atoms. The van der Waals surface area contributed by atoms with Crippen LogP contribution in [0.3, 0.4) is 0 Å². The monoisotopic (exact) mass is 661 g/mol. The Balaban J connectivity index is 1.53. The van der Waals surface area contributed by atoms with Crippen LogP contribution in [0.2, 0.25) is 0 Å². The van der Waals surface area contributed by atoms with Crippen molar-refractivity contribution in [3.63, 3.8) is 0 Å². The van der Waals surface area contributed by atoms with Gasteiger partial charge in [0.2, 0.25) is 11.1 Å². The molecule has 10 heteroatoms. The van der Waals surface area contributed by atoms with Crippen LogP contribution in [0.5, 0.6) is 11.5 Å². The van der Waals surface area contributed by atoms with Crippen molar-refractivity contribution < 1.29 is 14.3 Å². The fourth-order valence-corrected chi connectivity index (χ4v) is 5.90. The number of carbonyl (C=O) groups is 1. The van der Waals surface area contributed by atoms with E-state index in [0.29, 0.717) is 47.1 Å². The molecule has 5 rings (SSSR count). The minimum absolute atomic E-state index is 0.209. The first-order valence-electron chi connectivity index (χ1n) is 14.4. The molecule has 43 heavy (non-hydrogen) atoms. The Kier molecular flexibility index (Phi) is 9.77. The average Bonchev–Trinajstić information content (AvgIpc) is 3.39. The van der Waals surface area contributed by atoms with E-state index in [1.807, 2.05) is 82.3 Å². The summed E-state index contributed by atoms with van der Waals surface area (Å²) in [5.74, 6) is 2.52. The van der Waals surface area contributed by atoms with Crippen LogP contribution in [0.4, 0.5) is 11.6 Å². The topological polar surface area (TPSA) is 90.3 Å². The third-order valence-electron chi connectivity index (χ3n) is 7.03. The van der Waals surface area contributed by atoms with Gasteiger partial charge in [0.25, 0.3) is 5.91 Å². The summed E-state index contributed by atoms with van der Waals surface area (Å²) in [6.45, 7) is 10.9. The quantitative estimate of drug-likeness (QED) is 0.157. The Morgan fingerprint density at radius 1 is 1.02 bits per heavy atom.